The fraction of sp³-hybridized carbons (Fsp3) is 0.478. The summed E-state index contributed by atoms with van der Waals surface area (Å²) >= 11 is 1.77. The summed E-state index contributed by atoms with van der Waals surface area (Å²) in [6, 6.07) is 14.2. The number of sulfone groups is 1. The van der Waals surface area contributed by atoms with E-state index in [0.717, 1.165) is 6.07 Å². The van der Waals surface area contributed by atoms with Crippen molar-refractivity contribution in [3.05, 3.63) is 54.1 Å². The monoisotopic (exact) mass is 568 g/mol. The van der Waals surface area contributed by atoms with Gasteiger partial charge in [0.25, 0.3) is 9.84 Å². The Bertz CT molecular complexity index is 1040. The van der Waals surface area contributed by atoms with Crippen molar-refractivity contribution in [1.82, 2.24) is 4.90 Å². The van der Waals surface area contributed by atoms with E-state index < -0.39 is 28.8 Å². The predicted octanol–water partition coefficient (Wildman–Crippen LogP) is 5.19. The lowest BCUT2D eigenvalue weighted by Gasteiger charge is -2.31. The van der Waals surface area contributed by atoms with Gasteiger partial charge in [0, 0.05) is 24.5 Å². The van der Waals surface area contributed by atoms with Crippen LogP contribution in [-0.4, -0.2) is 67.2 Å². The number of thioether (sulfide) groups is 1. The lowest BCUT2D eigenvalue weighted by Crippen LogP contribution is -2.37. The van der Waals surface area contributed by atoms with E-state index in [1.54, 1.807) is 17.8 Å². The zero-order chi connectivity index (χ0) is 26.8. The molecule has 1 heterocycles. The maximum atomic E-state index is 12.9. The van der Waals surface area contributed by atoms with Crippen molar-refractivity contribution in [2.24, 2.45) is 0 Å². The molecule has 0 atom stereocenters. The van der Waals surface area contributed by atoms with Crippen LogP contribution in [-0.2, 0) is 14.4 Å². The number of alkyl halides is 3. The van der Waals surface area contributed by atoms with Crippen molar-refractivity contribution < 1.29 is 35.9 Å². The molecule has 0 amide bonds. The molecule has 13 heteroatoms. The average molecular weight is 569 g/mol. The minimum atomic E-state index is -5.43. The maximum Gasteiger partial charge on any atom is 0.501 e. The molecular weight excluding hydrogens is 536 g/mol. The topological polar surface area (TPSA) is 99.1 Å². The van der Waals surface area contributed by atoms with Gasteiger partial charge < -0.3 is 24.5 Å². The van der Waals surface area contributed by atoms with E-state index >= 15 is 0 Å². The predicted molar refractivity (Wildman–Crippen MR) is 138 cm³/mol. The minimum absolute atomic E-state index is 0.0609. The number of hydrogen-bond donors (Lipinski definition) is 3. The third-order valence-electron chi connectivity index (χ3n) is 5.45. The molecule has 7 nitrogen and oxygen atoms in total. The molecule has 1 fully saturated rings. The molecule has 2 aromatic rings. The summed E-state index contributed by atoms with van der Waals surface area (Å²) < 4.78 is 67.3. The number of nitrogens with one attached hydrogen (secondary N) is 1. The second kappa shape index (κ2) is 14.5. The Labute approximate surface area is 216 Å². The maximum absolute atomic E-state index is 12.9. The first-order valence-electron chi connectivity index (χ1n) is 11.3. The van der Waals surface area contributed by atoms with Crippen LogP contribution in [0.15, 0.2) is 58.3 Å². The molecule has 1 aliphatic heterocycles. The summed E-state index contributed by atoms with van der Waals surface area (Å²) in [4.78, 5) is 20.4. The van der Waals surface area contributed by atoms with Crippen LogP contribution in [0.2, 0.25) is 0 Å². The Hall–Kier alpha value is -1.40. The van der Waals surface area contributed by atoms with Gasteiger partial charge in [-0.15, -0.1) is 11.8 Å². The average Bonchev–Trinajstić information content (AvgIpc) is 2.83. The van der Waals surface area contributed by atoms with Gasteiger partial charge in [0.1, 0.15) is 0 Å². The summed E-state index contributed by atoms with van der Waals surface area (Å²) in [6.07, 6.45) is 3.84. The highest BCUT2D eigenvalue weighted by Crippen LogP contribution is 2.35. The molecule has 1 aliphatic rings. The van der Waals surface area contributed by atoms with Gasteiger partial charge in [-0.05, 0) is 68.8 Å². The molecule has 0 bridgehead atoms. The van der Waals surface area contributed by atoms with E-state index in [-0.39, 0.29) is 11.8 Å². The van der Waals surface area contributed by atoms with Gasteiger partial charge in [-0.1, -0.05) is 24.3 Å². The van der Waals surface area contributed by atoms with Crippen LogP contribution in [0.3, 0.4) is 0 Å². The Balaban J connectivity index is 0.000000482. The van der Waals surface area contributed by atoms with Gasteiger partial charge in [-0.2, -0.15) is 13.2 Å². The van der Waals surface area contributed by atoms with E-state index in [1.807, 2.05) is 18.2 Å². The number of aryl methyl sites for hydroxylation is 1. The van der Waals surface area contributed by atoms with E-state index in [0.29, 0.717) is 51.0 Å². The van der Waals surface area contributed by atoms with Crippen LogP contribution in [0.5, 0.6) is 0 Å². The van der Waals surface area contributed by atoms with Gasteiger partial charge in [-0.3, -0.25) is 0 Å². The van der Waals surface area contributed by atoms with E-state index in [9.17, 15) is 21.6 Å². The SMILES string of the molecule is CSc1ccccc1.Cc1ccc(NCCCN2CCC(OP(O)O)CC2)c(S(=O)(=O)C(F)(F)F)c1. The number of anilines is 1. The Morgan fingerprint density at radius 1 is 1.14 bits per heavy atom. The molecule has 3 rings (SSSR count). The normalized spacial score (nSPS) is 15.4. The van der Waals surface area contributed by atoms with Crippen LogP contribution < -0.4 is 5.32 Å². The lowest BCUT2D eigenvalue weighted by atomic mass is 10.1. The van der Waals surface area contributed by atoms with Gasteiger partial charge in [0.2, 0.25) is 0 Å². The van der Waals surface area contributed by atoms with Gasteiger partial charge >= 0.3 is 14.1 Å². The minimum Gasteiger partial charge on any atom is -0.384 e. The first-order chi connectivity index (χ1) is 16.9. The van der Waals surface area contributed by atoms with Crippen molar-refractivity contribution >= 4 is 35.9 Å². The number of benzene rings is 2. The number of halogens is 3. The molecule has 2 aromatic carbocycles. The highest BCUT2D eigenvalue weighted by atomic mass is 32.2. The van der Waals surface area contributed by atoms with Crippen LogP contribution in [0.4, 0.5) is 18.9 Å². The highest BCUT2D eigenvalue weighted by Gasteiger charge is 2.48. The third kappa shape index (κ3) is 9.81. The Kier molecular flexibility index (Phi) is 12.4. The van der Waals surface area contributed by atoms with Gasteiger partial charge in [0.15, 0.2) is 0 Å². The molecule has 0 aromatic heterocycles. The molecule has 0 aliphatic carbocycles. The molecule has 36 heavy (non-hydrogen) atoms. The summed E-state index contributed by atoms with van der Waals surface area (Å²) in [5, 5.41) is 2.80. The summed E-state index contributed by atoms with van der Waals surface area (Å²) in [5.74, 6) is 0. The molecular formula is C23H32F3N2O5PS2. The van der Waals surface area contributed by atoms with Crippen LogP contribution in [0.1, 0.15) is 24.8 Å². The lowest BCUT2D eigenvalue weighted by molar-refractivity contribution is -0.0435. The molecule has 0 radical (unpaired) electrons. The summed E-state index contributed by atoms with van der Waals surface area (Å²) in [6.45, 7) is 3.96. The van der Waals surface area contributed by atoms with E-state index in [1.165, 1.54) is 17.9 Å². The van der Waals surface area contributed by atoms with Gasteiger partial charge in [-0.25, -0.2) is 8.42 Å². The van der Waals surface area contributed by atoms with Crippen molar-refractivity contribution in [3.63, 3.8) is 0 Å². The number of hydrogen-bond acceptors (Lipinski definition) is 8. The Morgan fingerprint density at radius 2 is 1.78 bits per heavy atom. The number of likely N-dealkylation sites (tertiary alicyclic amines) is 1. The third-order valence-corrected chi connectivity index (χ3v) is 8.21. The van der Waals surface area contributed by atoms with Gasteiger partial charge in [0.05, 0.1) is 16.7 Å². The van der Waals surface area contributed by atoms with Crippen LogP contribution in [0.25, 0.3) is 0 Å². The van der Waals surface area contributed by atoms with E-state index in [4.69, 9.17) is 14.3 Å². The van der Waals surface area contributed by atoms with Crippen molar-refractivity contribution in [2.45, 2.75) is 47.6 Å². The molecule has 1 saturated heterocycles. The fourth-order valence-corrected chi connectivity index (χ4v) is 5.50. The molecule has 3 N–H and O–H groups in total. The molecule has 0 spiro atoms. The van der Waals surface area contributed by atoms with Crippen LogP contribution in [0, 0.1) is 6.92 Å². The smallest absolute Gasteiger partial charge is 0.384 e. The first-order valence-corrected chi connectivity index (χ1v) is 15.1. The van der Waals surface area contributed by atoms with Crippen molar-refractivity contribution in [3.8, 4) is 0 Å². The zero-order valence-corrected chi connectivity index (χ0v) is 22.6. The molecule has 202 valence electrons. The molecule has 0 saturated carbocycles. The first kappa shape index (κ1) is 30.8. The second-order valence-electron chi connectivity index (χ2n) is 8.15. The number of nitrogens with zero attached hydrogens (tertiary/aromatic N) is 1. The van der Waals surface area contributed by atoms with Crippen molar-refractivity contribution in [1.29, 1.82) is 0 Å². The number of rotatable bonds is 9. The van der Waals surface area contributed by atoms with E-state index in [2.05, 4.69) is 28.6 Å². The zero-order valence-electron chi connectivity index (χ0n) is 20.1. The molecule has 0 unspecified atom stereocenters. The second-order valence-corrected chi connectivity index (χ2v) is 11.7. The summed E-state index contributed by atoms with van der Waals surface area (Å²) in [5.41, 5.74) is -4.99. The van der Waals surface area contributed by atoms with Crippen molar-refractivity contribution in [2.75, 3.05) is 37.8 Å². The standard InChI is InChI=1S/C16H24F3N2O5PS.C7H8S/c1-12-3-4-14(15(11-12)28(24,25)16(17,18)19)20-7-2-8-21-9-5-13(6-10-21)26-27(22)23;1-8-7-5-3-2-4-6-7/h3-4,11,13,20,22-23H,2,5-10H2,1H3;2-6H,1H3. The number of piperidine rings is 1. The fourth-order valence-electron chi connectivity index (χ4n) is 3.58. The summed E-state index contributed by atoms with van der Waals surface area (Å²) in [7, 11) is -7.79. The highest BCUT2D eigenvalue weighted by molar-refractivity contribution is 7.98. The quantitative estimate of drug-likeness (QED) is 0.216. The Morgan fingerprint density at radius 3 is 2.31 bits per heavy atom. The largest absolute Gasteiger partial charge is 0.501 e. The van der Waals surface area contributed by atoms with Crippen LogP contribution >= 0.6 is 20.4 Å².